The number of aliphatic hydroxyl groups excluding tert-OH is 1. The van der Waals surface area contributed by atoms with Crippen molar-refractivity contribution in [3.05, 3.63) is 29.3 Å². The van der Waals surface area contributed by atoms with Gasteiger partial charge >= 0.3 is 0 Å². The van der Waals surface area contributed by atoms with Crippen LogP contribution in [0.25, 0.3) is 0 Å². The first-order valence-electron chi connectivity index (χ1n) is 6.94. The lowest BCUT2D eigenvalue weighted by atomic mass is 10.1. The molecule has 0 aromatic carbocycles. The van der Waals surface area contributed by atoms with Crippen molar-refractivity contribution < 1.29 is 9.84 Å². The standard InChI is InChI=1S/C14H22N4O2/c1-5-7-18-13(12(20-4)9-15-18)14(19)11-8-10(3)16-17(11)6-2/h8-9,14,19H,5-7H2,1-4H3. The summed E-state index contributed by atoms with van der Waals surface area (Å²) in [5, 5.41) is 19.4. The van der Waals surface area contributed by atoms with E-state index in [0.29, 0.717) is 18.0 Å². The minimum Gasteiger partial charge on any atom is -0.493 e. The van der Waals surface area contributed by atoms with Gasteiger partial charge in [0.25, 0.3) is 0 Å². The van der Waals surface area contributed by atoms with Gasteiger partial charge in [0.15, 0.2) is 5.75 Å². The van der Waals surface area contributed by atoms with E-state index in [2.05, 4.69) is 17.1 Å². The molecule has 0 bridgehead atoms. The second kappa shape index (κ2) is 6.09. The quantitative estimate of drug-likeness (QED) is 0.876. The zero-order chi connectivity index (χ0) is 14.7. The van der Waals surface area contributed by atoms with Crippen molar-refractivity contribution in [1.29, 1.82) is 0 Å². The van der Waals surface area contributed by atoms with Gasteiger partial charge in [0.2, 0.25) is 0 Å². The number of nitrogens with zero attached hydrogens (tertiary/aromatic N) is 4. The summed E-state index contributed by atoms with van der Waals surface area (Å²) in [5.41, 5.74) is 2.34. The van der Waals surface area contributed by atoms with Crippen LogP contribution in [0, 0.1) is 6.92 Å². The smallest absolute Gasteiger partial charge is 0.163 e. The summed E-state index contributed by atoms with van der Waals surface area (Å²) in [6.45, 7) is 7.45. The van der Waals surface area contributed by atoms with Crippen molar-refractivity contribution >= 4 is 0 Å². The molecule has 2 rings (SSSR count). The summed E-state index contributed by atoms with van der Waals surface area (Å²) >= 11 is 0. The third kappa shape index (κ3) is 2.56. The van der Waals surface area contributed by atoms with E-state index >= 15 is 0 Å². The van der Waals surface area contributed by atoms with Crippen molar-refractivity contribution in [1.82, 2.24) is 19.6 Å². The van der Waals surface area contributed by atoms with Crippen LogP contribution in [-0.4, -0.2) is 31.8 Å². The van der Waals surface area contributed by atoms with Gasteiger partial charge in [0, 0.05) is 13.1 Å². The fourth-order valence-corrected chi connectivity index (χ4v) is 2.38. The van der Waals surface area contributed by atoms with E-state index in [9.17, 15) is 5.11 Å². The normalized spacial score (nSPS) is 12.7. The zero-order valence-corrected chi connectivity index (χ0v) is 12.5. The van der Waals surface area contributed by atoms with Crippen LogP contribution in [0.5, 0.6) is 5.75 Å². The van der Waals surface area contributed by atoms with Crippen molar-refractivity contribution in [2.75, 3.05) is 7.11 Å². The number of aliphatic hydroxyl groups is 1. The van der Waals surface area contributed by atoms with Gasteiger partial charge in [-0.05, 0) is 26.3 Å². The predicted molar refractivity (Wildman–Crippen MR) is 75.8 cm³/mol. The maximum atomic E-state index is 10.7. The highest BCUT2D eigenvalue weighted by molar-refractivity contribution is 5.33. The van der Waals surface area contributed by atoms with Crippen LogP contribution in [-0.2, 0) is 13.1 Å². The number of hydrogen-bond donors (Lipinski definition) is 1. The van der Waals surface area contributed by atoms with E-state index in [1.165, 1.54) is 0 Å². The molecule has 1 atom stereocenters. The molecule has 1 unspecified atom stereocenters. The fraction of sp³-hybridized carbons (Fsp3) is 0.571. The first-order valence-corrected chi connectivity index (χ1v) is 6.94. The average molecular weight is 278 g/mol. The highest BCUT2D eigenvalue weighted by atomic mass is 16.5. The van der Waals surface area contributed by atoms with Gasteiger partial charge < -0.3 is 9.84 Å². The lowest BCUT2D eigenvalue weighted by molar-refractivity contribution is 0.190. The van der Waals surface area contributed by atoms with E-state index in [0.717, 1.165) is 24.4 Å². The molecule has 0 radical (unpaired) electrons. The van der Waals surface area contributed by atoms with Crippen molar-refractivity contribution in [3.8, 4) is 5.75 Å². The molecule has 0 aliphatic rings. The first kappa shape index (κ1) is 14.6. The Kier molecular flexibility index (Phi) is 4.44. The molecule has 6 heteroatoms. The Morgan fingerprint density at radius 2 is 2.10 bits per heavy atom. The Bertz CT molecular complexity index is 574. The topological polar surface area (TPSA) is 65.1 Å². The molecule has 1 N–H and O–H groups in total. The maximum Gasteiger partial charge on any atom is 0.163 e. The maximum absolute atomic E-state index is 10.7. The number of ether oxygens (including phenoxy) is 1. The van der Waals surface area contributed by atoms with Crippen LogP contribution in [0.1, 0.15) is 43.5 Å². The third-order valence-corrected chi connectivity index (χ3v) is 3.27. The molecule has 6 nitrogen and oxygen atoms in total. The molecular formula is C14H22N4O2. The molecule has 2 aromatic heterocycles. The molecule has 0 aliphatic carbocycles. The second-order valence-corrected chi connectivity index (χ2v) is 4.75. The van der Waals surface area contributed by atoms with Gasteiger partial charge in [-0.15, -0.1) is 0 Å². The van der Waals surface area contributed by atoms with E-state index in [-0.39, 0.29) is 0 Å². The van der Waals surface area contributed by atoms with Crippen molar-refractivity contribution in [2.24, 2.45) is 0 Å². The van der Waals surface area contributed by atoms with Crippen LogP contribution >= 0.6 is 0 Å². The van der Waals surface area contributed by atoms with Crippen LogP contribution < -0.4 is 4.74 Å². The Morgan fingerprint density at radius 3 is 2.70 bits per heavy atom. The summed E-state index contributed by atoms with van der Waals surface area (Å²) in [7, 11) is 1.59. The van der Waals surface area contributed by atoms with Crippen molar-refractivity contribution in [3.63, 3.8) is 0 Å². The van der Waals surface area contributed by atoms with Gasteiger partial charge in [-0.1, -0.05) is 6.92 Å². The monoisotopic (exact) mass is 278 g/mol. The van der Waals surface area contributed by atoms with Crippen LogP contribution in [0.3, 0.4) is 0 Å². The van der Waals surface area contributed by atoms with E-state index < -0.39 is 6.10 Å². The average Bonchev–Trinajstić information content (AvgIpc) is 3.01. The first-order chi connectivity index (χ1) is 9.62. The van der Waals surface area contributed by atoms with Gasteiger partial charge in [0.1, 0.15) is 11.8 Å². The summed E-state index contributed by atoms with van der Waals surface area (Å²) in [5.74, 6) is 0.604. The van der Waals surface area contributed by atoms with Gasteiger partial charge in [-0.3, -0.25) is 9.36 Å². The lowest BCUT2D eigenvalue weighted by Gasteiger charge is -2.15. The van der Waals surface area contributed by atoms with Crippen LogP contribution in [0.2, 0.25) is 0 Å². The molecule has 0 fully saturated rings. The summed E-state index contributed by atoms with van der Waals surface area (Å²) in [6.07, 6.45) is 1.80. The van der Waals surface area contributed by atoms with Gasteiger partial charge in [-0.25, -0.2) is 0 Å². The van der Waals surface area contributed by atoms with Gasteiger partial charge in [-0.2, -0.15) is 10.2 Å². The second-order valence-electron chi connectivity index (χ2n) is 4.75. The van der Waals surface area contributed by atoms with E-state index in [4.69, 9.17) is 4.74 Å². The summed E-state index contributed by atoms with van der Waals surface area (Å²) in [6, 6.07) is 1.90. The molecule has 0 saturated carbocycles. The molecular weight excluding hydrogens is 256 g/mol. The number of rotatable bonds is 6. The molecule has 2 heterocycles. The Balaban J connectivity index is 2.45. The molecule has 0 amide bonds. The highest BCUT2D eigenvalue weighted by Gasteiger charge is 2.24. The minimum absolute atomic E-state index is 0.604. The molecule has 0 aliphatic heterocycles. The zero-order valence-electron chi connectivity index (χ0n) is 12.5. The molecule has 0 spiro atoms. The Labute approximate surface area is 119 Å². The molecule has 20 heavy (non-hydrogen) atoms. The molecule has 110 valence electrons. The largest absolute Gasteiger partial charge is 0.493 e. The van der Waals surface area contributed by atoms with Crippen molar-refractivity contribution in [2.45, 2.75) is 46.4 Å². The Hall–Kier alpha value is -1.82. The predicted octanol–water partition coefficient (Wildman–Crippen LogP) is 1.91. The summed E-state index contributed by atoms with van der Waals surface area (Å²) < 4.78 is 8.93. The number of aromatic nitrogens is 4. The molecule has 0 saturated heterocycles. The van der Waals surface area contributed by atoms with Crippen LogP contribution in [0.15, 0.2) is 12.3 Å². The number of aryl methyl sites for hydroxylation is 3. The summed E-state index contributed by atoms with van der Waals surface area (Å²) in [4.78, 5) is 0. The minimum atomic E-state index is -0.792. The number of hydrogen-bond acceptors (Lipinski definition) is 4. The van der Waals surface area contributed by atoms with Crippen LogP contribution in [0.4, 0.5) is 0 Å². The van der Waals surface area contributed by atoms with Gasteiger partial charge in [0.05, 0.1) is 24.7 Å². The fourth-order valence-electron chi connectivity index (χ4n) is 2.38. The SMILES string of the molecule is CCCn1ncc(OC)c1C(O)c1cc(C)nn1CC. The van der Waals surface area contributed by atoms with E-state index in [1.54, 1.807) is 18.0 Å². The third-order valence-electron chi connectivity index (χ3n) is 3.27. The molecule has 2 aromatic rings. The number of methoxy groups -OCH3 is 1. The van der Waals surface area contributed by atoms with E-state index in [1.807, 2.05) is 24.6 Å². The lowest BCUT2D eigenvalue weighted by Crippen LogP contribution is -2.15. The Morgan fingerprint density at radius 1 is 1.35 bits per heavy atom. The highest BCUT2D eigenvalue weighted by Crippen LogP contribution is 2.30.